The molecule has 0 aliphatic heterocycles. The summed E-state index contributed by atoms with van der Waals surface area (Å²) in [6.07, 6.45) is 0. The zero-order valence-electron chi connectivity index (χ0n) is 10.5. The second kappa shape index (κ2) is 5.96. The number of halogens is 2. The molecule has 0 saturated heterocycles. The van der Waals surface area contributed by atoms with Crippen LogP contribution in [0.25, 0.3) is 0 Å². The monoisotopic (exact) mass is 350 g/mol. The molecule has 112 valence electrons. The Hall–Kier alpha value is -1.71. The number of hydrogen-bond donors (Lipinski definition) is 1. The molecule has 21 heavy (non-hydrogen) atoms. The molecule has 0 amide bonds. The number of thiazole rings is 1. The number of aromatic nitrogens is 1. The number of benzene rings is 1. The number of nitrogens with one attached hydrogen (secondary N) is 1. The van der Waals surface area contributed by atoms with Crippen molar-refractivity contribution in [1.29, 1.82) is 0 Å². The number of carbonyl (C=O) groups is 1. The van der Waals surface area contributed by atoms with Crippen molar-refractivity contribution in [2.75, 3.05) is 11.8 Å². The van der Waals surface area contributed by atoms with Crippen molar-refractivity contribution in [3.05, 3.63) is 40.2 Å². The number of carbonyl (C=O) groups excluding carboxylic acids is 1. The molecular formula is C11H8ClFN2O4S2. The van der Waals surface area contributed by atoms with E-state index >= 15 is 0 Å². The number of hydrogen-bond acceptors (Lipinski definition) is 6. The summed E-state index contributed by atoms with van der Waals surface area (Å²) in [6, 6.07) is 3.43. The molecule has 0 unspecified atom stereocenters. The summed E-state index contributed by atoms with van der Waals surface area (Å²) < 4.78 is 44.0. The first-order valence-corrected chi connectivity index (χ1v) is 8.09. The highest BCUT2D eigenvalue weighted by molar-refractivity contribution is 7.94. The van der Waals surface area contributed by atoms with Gasteiger partial charge in [-0.05, 0) is 18.2 Å². The molecule has 2 rings (SSSR count). The van der Waals surface area contributed by atoms with Crippen molar-refractivity contribution in [2.45, 2.75) is 4.21 Å². The Labute approximate surface area is 128 Å². The summed E-state index contributed by atoms with van der Waals surface area (Å²) in [7, 11) is -2.98. The fraction of sp³-hybridized carbons (Fsp3) is 0.0909. The predicted octanol–water partition coefficient (Wildman–Crippen LogP) is 2.52. The summed E-state index contributed by atoms with van der Waals surface area (Å²) >= 11 is 6.26. The van der Waals surface area contributed by atoms with Crippen LogP contribution in [0.5, 0.6) is 0 Å². The van der Waals surface area contributed by atoms with Crippen molar-refractivity contribution < 1.29 is 22.3 Å². The first kappa shape index (κ1) is 15.7. The summed E-state index contributed by atoms with van der Waals surface area (Å²) in [5.74, 6) is -1.65. The molecular weight excluding hydrogens is 343 g/mol. The van der Waals surface area contributed by atoms with Crippen LogP contribution in [0.2, 0.25) is 5.02 Å². The van der Waals surface area contributed by atoms with E-state index in [0.717, 1.165) is 24.5 Å². The van der Waals surface area contributed by atoms with Crippen LogP contribution in [0.4, 0.5) is 10.1 Å². The van der Waals surface area contributed by atoms with Crippen molar-refractivity contribution in [2.24, 2.45) is 0 Å². The van der Waals surface area contributed by atoms with Crippen molar-refractivity contribution in [3.8, 4) is 0 Å². The van der Waals surface area contributed by atoms with Gasteiger partial charge in [0.1, 0.15) is 5.82 Å². The molecule has 0 atom stereocenters. The lowest BCUT2D eigenvalue weighted by Crippen LogP contribution is -2.16. The molecule has 6 nitrogen and oxygen atoms in total. The largest absolute Gasteiger partial charge is 0.464 e. The highest BCUT2D eigenvalue weighted by atomic mass is 35.5. The lowest BCUT2D eigenvalue weighted by Gasteiger charge is -2.07. The third kappa shape index (κ3) is 3.31. The minimum Gasteiger partial charge on any atom is -0.464 e. The van der Waals surface area contributed by atoms with E-state index in [1.807, 2.05) is 0 Å². The number of esters is 1. The second-order valence-electron chi connectivity index (χ2n) is 3.71. The number of methoxy groups -OCH3 is 1. The molecule has 2 aromatic rings. The summed E-state index contributed by atoms with van der Waals surface area (Å²) in [5.41, 5.74) is 0.842. The van der Waals surface area contributed by atoms with E-state index in [-0.39, 0.29) is 20.6 Å². The zero-order valence-corrected chi connectivity index (χ0v) is 12.9. The van der Waals surface area contributed by atoms with Crippen molar-refractivity contribution in [3.63, 3.8) is 0 Å². The van der Waals surface area contributed by atoms with Gasteiger partial charge in [-0.25, -0.2) is 22.6 Å². The molecule has 1 aromatic heterocycles. The molecule has 10 heteroatoms. The lowest BCUT2D eigenvalue weighted by atomic mass is 10.3. The second-order valence-corrected chi connectivity index (χ2v) is 6.85. The summed E-state index contributed by atoms with van der Waals surface area (Å²) in [4.78, 5) is 15.1. The lowest BCUT2D eigenvalue weighted by molar-refractivity contribution is 0.0590. The number of sulfonamides is 1. The molecule has 0 radical (unpaired) electrons. The standard InChI is InChI=1S/C11H8ClFN2O4S2/c1-19-10(16)9-11(20-5-14-9)21(17,18)15-6-2-3-7(12)8(13)4-6/h2-5,15H,1H3. The third-order valence-electron chi connectivity index (χ3n) is 2.33. The smallest absolute Gasteiger partial charge is 0.358 e. The number of anilines is 1. The first-order chi connectivity index (χ1) is 9.85. The van der Waals surface area contributed by atoms with E-state index in [0.29, 0.717) is 0 Å². The molecule has 1 N–H and O–H groups in total. The summed E-state index contributed by atoms with van der Waals surface area (Å²) in [6.45, 7) is 0. The van der Waals surface area contributed by atoms with Gasteiger partial charge in [0.25, 0.3) is 10.0 Å². The molecule has 0 aliphatic carbocycles. The van der Waals surface area contributed by atoms with E-state index in [1.54, 1.807) is 0 Å². The minimum absolute atomic E-state index is 0.0267. The van der Waals surface area contributed by atoms with Crippen LogP contribution in [-0.2, 0) is 14.8 Å². The Balaban J connectivity index is 2.37. The van der Waals surface area contributed by atoms with E-state index in [9.17, 15) is 17.6 Å². The maximum atomic E-state index is 13.3. The Morgan fingerprint density at radius 2 is 2.19 bits per heavy atom. The maximum absolute atomic E-state index is 13.3. The van der Waals surface area contributed by atoms with Crippen molar-refractivity contribution >= 4 is 44.6 Å². The van der Waals surface area contributed by atoms with Gasteiger partial charge in [-0.1, -0.05) is 11.6 Å². The topological polar surface area (TPSA) is 85.4 Å². The number of nitrogens with zero attached hydrogens (tertiary/aromatic N) is 1. The van der Waals surface area contributed by atoms with Gasteiger partial charge in [0.15, 0.2) is 9.90 Å². The highest BCUT2D eigenvalue weighted by Crippen LogP contribution is 2.25. The van der Waals surface area contributed by atoms with E-state index in [4.69, 9.17) is 11.6 Å². The van der Waals surface area contributed by atoms with Crippen LogP contribution < -0.4 is 4.72 Å². The van der Waals surface area contributed by atoms with Crippen LogP contribution in [-0.4, -0.2) is 26.5 Å². The molecule has 0 saturated carbocycles. The normalized spacial score (nSPS) is 11.2. The van der Waals surface area contributed by atoms with Gasteiger partial charge in [-0.15, -0.1) is 11.3 Å². The van der Waals surface area contributed by atoms with Crippen LogP contribution in [0.3, 0.4) is 0 Å². The van der Waals surface area contributed by atoms with Crippen LogP contribution >= 0.6 is 22.9 Å². The number of ether oxygens (including phenoxy) is 1. The van der Waals surface area contributed by atoms with Crippen LogP contribution in [0.15, 0.2) is 27.9 Å². The van der Waals surface area contributed by atoms with Gasteiger partial charge in [-0.2, -0.15) is 0 Å². The average Bonchev–Trinajstić information content (AvgIpc) is 2.92. The predicted molar refractivity (Wildman–Crippen MR) is 75.7 cm³/mol. The molecule has 0 aliphatic rings. The fourth-order valence-corrected chi connectivity index (χ4v) is 3.72. The Kier molecular flexibility index (Phi) is 4.45. The van der Waals surface area contributed by atoms with E-state index in [1.165, 1.54) is 17.6 Å². The van der Waals surface area contributed by atoms with Crippen LogP contribution in [0, 0.1) is 5.82 Å². The fourth-order valence-electron chi connectivity index (χ4n) is 1.42. The maximum Gasteiger partial charge on any atom is 0.358 e. The zero-order chi connectivity index (χ0) is 15.6. The first-order valence-electron chi connectivity index (χ1n) is 5.35. The van der Waals surface area contributed by atoms with E-state index in [2.05, 4.69) is 14.4 Å². The Bertz CT molecular complexity index is 791. The highest BCUT2D eigenvalue weighted by Gasteiger charge is 2.26. The molecule has 1 heterocycles. The quantitative estimate of drug-likeness (QED) is 0.856. The molecule has 0 fully saturated rings. The van der Waals surface area contributed by atoms with Crippen molar-refractivity contribution in [1.82, 2.24) is 4.98 Å². The molecule has 0 spiro atoms. The van der Waals surface area contributed by atoms with Crippen LogP contribution in [0.1, 0.15) is 10.5 Å². The van der Waals surface area contributed by atoms with Gasteiger partial charge in [-0.3, -0.25) is 4.72 Å². The minimum atomic E-state index is -4.09. The van der Waals surface area contributed by atoms with Gasteiger partial charge < -0.3 is 4.74 Å². The Morgan fingerprint density at radius 3 is 2.81 bits per heavy atom. The van der Waals surface area contributed by atoms with Gasteiger partial charge in [0.05, 0.1) is 23.3 Å². The molecule has 0 bridgehead atoms. The number of rotatable bonds is 4. The van der Waals surface area contributed by atoms with Gasteiger partial charge in [0, 0.05) is 0 Å². The van der Waals surface area contributed by atoms with E-state index < -0.39 is 21.8 Å². The average molecular weight is 351 g/mol. The molecule has 1 aromatic carbocycles. The Morgan fingerprint density at radius 1 is 1.48 bits per heavy atom. The van der Waals surface area contributed by atoms with Gasteiger partial charge in [0.2, 0.25) is 0 Å². The third-order valence-corrected chi connectivity index (χ3v) is 5.39. The van der Waals surface area contributed by atoms with Gasteiger partial charge >= 0.3 is 5.97 Å². The summed E-state index contributed by atoms with van der Waals surface area (Å²) in [5, 5.41) is -0.133. The SMILES string of the molecule is COC(=O)c1ncsc1S(=O)(=O)Nc1ccc(Cl)c(F)c1.